The van der Waals surface area contributed by atoms with E-state index in [1.807, 2.05) is 25.2 Å². The van der Waals surface area contributed by atoms with E-state index in [0.29, 0.717) is 6.04 Å². The molecule has 0 aromatic heterocycles. The zero-order valence-corrected chi connectivity index (χ0v) is 11.5. The van der Waals surface area contributed by atoms with Gasteiger partial charge in [-0.2, -0.15) is 5.26 Å². The number of nitrogens with one attached hydrogen (secondary N) is 1. The molecule has 2 rings (SSSR count). The number of anilines is 1. The van der Waals surface area contributed by atoms with E-state index in [-0.39, 0.29) is 0 Å². The molecule has 0 spiro atoms. The molecule has 0 saturated carbocycles. The van der Waals surface area contributed by atoms with Gasteiger partial charge in [0, 0.05) is 23.6 Å². The second-order valence-corrected chi connectivity index (χ2v) is 5.15. The second kappa shape index (κ2) is 5.52. The Morgan fingerprint density at radius 1 is 1.41 bits per heavy atom. The SMILES string of the molecule is CNC1CCN(c2cccc(Br)c2C#N)CC1. The topological polar surface area (TPSA) is 39.1 Å². The molecule has 0 unspecified atom stereocenters. The summed E-state index contributed by atoms with van der Waals surface area (Å²) in [6.07, 6.45) is 2.27. The van der Waals surface area contributed by atoms with Crippen molar-refractivity contribution in [2.75, 3.05) is 25.0 Å². The van der Waals surface area contributed by atoms with Crippen LogP contribution in [0.1, 0.15) is 18.4 Å². The van der Waals surface area contributed by atoms with Crippen molar-refractivity contribution in [1.82, 2.24) is 5.32 Å². The van der Waals surface area contributed by atoms with E-state index in [4.69, 9.17) is 0 Å². The second-order valence-electron chi connectivity index (χ2n) is 4.30. The Bertz CT molecular complexity index is 431. The highest BCUT2D eigenvalue weighted by Crippen LogP contribution is 2.29. The molecule has 0 aliphatic carbocycles. The Morgan fingerprint density at radius 3 is 2.71 bits per heavy atom. The molecule has 1 aromatic rings. The van der Waals surface area contributed by atoms with Crippen molar-refractivity contribution in [3.8, 4) is 6.07 Å². The standard InChI is InChI=1S/C13H16BrN3/c1-16-10-5-7-17(8-6-10)13-4-2-3-12(14)11(13)9-15/h2-4,10,16H,5-8H2,1H3. The van der Waals surface area contributed by atoms with E-state index in [2.05, 4.69) is 32.2 Å². The zero-order chi connectivity index (χ0) is 12.3. The average Bonchev–Trinajstić information content (AvgIpc) is 2.38. The predicted molar refractivity (Wildman–Crippen MR) is 73.2 cm³/mol. The minimum absolute atomic E-state index is 0.615. The number of piperidine rings is 1. The lowest BCUT2D eigenvalue weighted by Crippen LogP contribution is -2.41. The summed E-state index contributed by atoms with van der Waals surface area (Å²) in [5.41, 5.74) is 1.80. The van der Waals surface area contributed by atoms with Crippen molar-refractivity contribution in [1.29, 1.82) is 5.26 Å². The summed E-state index contributed by atoms with van der Waals surface area (Å²) in [4.78, 5) is 2.30. The van der Waals surface area contributed by atoms with Gasteiger partial charge in [0.25, 0.3) is 0 Å². The van der Waals surface area contributed by atoms with Gasteiger partial charge in [0.1, 0.15) is 6.07 Å². The molecular weight excluding hydrogens is 278 g/mol. The van der Waals surface area contributed by atoms with Crippen molar-refractivity contribution in [3.05, 3.63) is 28.2 Å². The normalized spacial score (nSPS) is 16.9. The largest absolute Gasteiger partial charge is 0.370 e. The lowest BCUT2D eigenvalue weighted by Gasteiger charge is -2.34. The third-order valence-electron chi connectivity index (χ3n) is 3.35. The van der Waals surface area contributed by atoms with E-state index >= 15 is 0 Å². The number of hydrogen-bond acceptors (Lipinski definition) is 3. The monoisotopic (exact) mass is 293 g/mol. The lowest BCUT2D eigenvalue weighted by atomic mass is 10.0. The number of halogens is 1. The summed E-state index contributed by atoms with van der Waals surface area (Å²) >= 11 is 3.44. The molecule has 1 aliphatic rings. The minimum atomic E-state index is 0.615. The van der Waals surface area contributed by atoms with Crippen LogP contribution in [0.5, 0.6) is 0 Å². The average molecular weight is 294 g/mol. The number of hydrogen-bond donors (Lipinski definition) is 1. The molecule has 3 nitrogen and oxygen atoms in total. The highest BCUT2D eigenvalue weighted by atomic mass is 79.9. The van der Waals surface area contributed by atoms with Crippen molar-refractivity contribution in [2.45, 2.75) is 18.9 Å². The molecule has 0 amide bonds. The maximum absolute atomic E-state index is 9.21. The van der Waals surface area contributed by atoms with Crippen LogP contribution >= 0.6 is 15.9 Å². The Labute approximate surface area is 111 Å². The Morgan fingerprint density at radius 2 is 2.12 bits per heavy atom. The van der Waals surface area contributed by atoms with E-state index < -0.39 is 0 Å². The van der Waals surface area contributed by atoms with Crippen LogP contribution in [0.2, 0.25) is 0 Å². The van der Waals surface area contributed by atoms with E-state index in [9.17, 15) is 5.26 Å². The fraction of sp³-hybridized carbons (Fsp3) is 0.462. The molecule has 1 saturated heterocycles. The third kappa shape index (κ3) is 2.62. The predicted octanol–water partition coefficient (Wildman–Crippen LogP) is 2.51. The van der Waals surface area contributed by atoms with Crippen LogP contribution in [-0.4, -0.2) is 26.2 Å². The number of nitriles is 1. The number of rotatable bonds is 2. The van der Waals surface area contributed by atoms with Crippen LogP contribution in [0, 0.1) is 11.3 Å². The molecule has 17 heavy (non-hydrogen) atoms. The van der Waals surface area contributed by atoms with Crippen molar-refractivity contribution in [2.24, 2.45) is 0 Å². The first-order valence-electron chi connectivity index (χ1n) is 5.87. The van der Waals surface area contributed by atoms with Gasteiger partial charge in [-0.15, -0.1) is 0 Å². The first kappa shape index (κ1) is 12.4. The molecule has 0 atom stereocenters. The summed E-state index contributed by atoms with van der Waals surface area (Å²) in [5.74, 6) is 0. The third-order valence-corrected chi connectivity index (χ3v) is 4.01. The summed E-state index contributed by atoms with van der Waals surface area (Å²) < 4.78 is 0.883. The van der Waals surface area contributed by atoms with Gasteiger partial charge in [0.2, 0.25) is 0 Å². The van der Waals surface area contributed by atoms with Crippen molar-refractivity contribution < 1.29 is 0 Å². The summed E-state index contributed by atoms with van der Waals surface area (Å²) in [6, 6.07) is 8.84. The summed E-state index contributed by atoms with van der Waals surface area (Å²) in [5, 5.41) is 12.5. The molecule has 1 aromatic carbocycles. The van der Waals surface area contributed by atoms with Crippen LogP contribution in [-0.2, 0) is 0 Å². The van der Waals surface area contributed by atoms with Gasteiger partial charge in [0.05, 0.1) is 11.3 Å². The van der Waals surface area contributed by atoms with Gasteiger partial charge in [0.15, 0.2) is 0 Å². The summed E-state index contributed by atoms with van der Waals surface area (Å²) in [7, 11) is 2.01. The van der Waals surface area contributed by atoms with E-state index in [1.54, 1.807) is 0 Å². The Kier molecular flexibility index (Phi) is 4.03. The molecule has 0 radical (unpaired) electrons. The molecule has 1 aliphatic heterocycles. The Hall–Kier alpha value is -1.05. The van der Waals surface area contributed by atoms with Gasteiger partial charge in [-0.3, -0.25) is 0 Å². The Balaban J connectivity index is 2.19. The molecule has 4 heteroatoms. The van der Waals surface area contributed by atoms with Crippen molar-refractivity contribution >= 4 is 21.6 Å². The highest BCUT2D eigenvalue weighted by molar-refractivity contribution is 9.10. The van der Waals surface area contributed by atoms with Gasteiger partial charge >= 0.3 is 0 Å². The van der Waals surface area contributed by atoms with Crippen LogP contribution in [0.3, 0.4) is 0 Å². The number of nitrogens with zero attached hydrogens (tertiary/aromatic N) is 2. The molecule has 90 valence electrons. The van der Waals surface area contributed by atoms with Crippen molar-refractivity contribution in [3.63, 3.8) is 0 Å². The smallest absolute Gasteiger partial charge is 0.103 e. The quantitative estimate of drug-likeness (QED) is 0.911. The van der Waals surface area contributed by atoms with Gasteiger partial charge in [-0.1, -0.05) is 6.07 Å². The van der Waals surface area contributed by atoms with E-state index in [1.165, 1.54) is 0 Å². The first-order chi connectivity index (χ1) is 8.26. The maximum atomic E-state index is 9.21. The minimum Gasteiger partial charge on any atom is -0.370 e. The van der Waals surface area contributed by atoms with Crippen LogP contribution in [0.4, 0.5) is 5.69 Å². The molecule has 1 heterocycles. The van der Waals surface area contributed by atoms with Gasteiger partial charge in [-0.25, -0.2) is 0 Å². The zero-order valence-electron chi connectivity index (χ0n) is 9.91. The molecular formula is C13H16BrN3. The van der Waals surface area contributed by atoms with Crippen LogP contribution in [0.25, 0.3) is 0 Å². The summed E-state index contributed by atoms with van der Waals surface area (Å²) in [6.45, 7) is 2.02. The number of benzene rings is 1. The van der Waals surface area contributed by atoms with Crippen LogP contribution < -0.4 is 10.2 Å². The van der Waals surface area contributed by atoms with Crippen LogP contribution in [0.15, 0.2) is 22.7 Å². The van der Waals surface area contributed by atoms with Gasteiger partial charge < -0.3 is 10.2 Å². The molecule has 1 fully saturated rings. The first-order valence-corrected chi connectivity index (χ1v) is 6.66. The fourth-order valence-electron chi connectivity index (χ4n) is 2.30. The van der Waals surface area contributed by atoms with Gasteiger partial charge in [-0.05, 0) is 48.0 Å². The lowest BCUT2D eigenvalue weighted by molar-refractivity contribution is 0.442. The molecule has 0 bridgehead atoms. The van der Waals surface area contributed by atoms with E-state index in [0.717, 1.165) is 41.7 Å². The fourth-order valence-corrected chi connectivity index (χ4v) is 2.74. The molecule has 1 N–H and O–H groups in total. The maximum Gasteiger partial charge on any atom is 0.103 e. The highest BCUT2D eigenvalue weighted by Gasteiger charge is 2.20.